The highest BCUT2D eigenvalue weighted by atomic mass is 32.1. The Hall–Kier alpha value is -1.56. The molecule has 5 nitrogen and oxygen atoms in total. The number of nitrogens with one attached hydrogen (secondary N) is 1. The highest BCUT2D eigenvalue weighted by Crippen LogP contribution is 2.28. The van der Waals surface area contributed by atoms with Crippen molar-refractivity contribution in [3.8, 4) is 0 Å². The fourth-order valence-corrected chi connectivity index (χ4v) is 3.45. The van der Waals surface area contributed by atoms with Crippen LogP contribution in [0.4, 0.5) is 9.80 Å². The third kappa shape index (κ3) is 3.30. The zero-order valence-corrected chi connectivity index (χ0v) is 12.6. The van der Waals surface area contributed by atoms with Gasteiger partial charge >= 0.3 is 12.0 Å². The highest BCUT2D eigenvalue weighted by Gasteiger charge is 2.26. The molecule has 1 aliphatic carbocycles. The van der Waals surface area contributed by atoms with E-state index < -0.39 is 5.97 Å². The normalized spacial score (nSPS) is 22.3. The summed E-state index contributed by atoms with van der Waals surface area (Å²) in [5.41, 5.74) is 0.147. The van der Waals surface area contributed by atoms with Crippen LogP contribution in [0, 0.1) is 5.92 Å². The number of rotatable bonds is 3. The van der Waals surface area contributed by atoms with Gasteiger partial charge in [0.1, 0.15) is 5.00 Å². The van der Waals surface area contributed by atoms with Crippen molar-refractivity contribution in [2.45, 2.75) is 38.6 Å². The van der Waals surface area contributed by atoms with E-state index >= 15 is 0 Å². The number of anilines is 1. The van der Waals surface area contributed by atoms with Crippen LogP contribution in [-0.4, -0.2) is 35.1 Å². The number of carbonyl (C=O) groups excluding carboxylic acids is 1. The number of urea groups is 1. The molecule has 1 heterocycles. The molecule has 110 valence electrons. The van der Waals surface area contributed by atoms with E-state index in [0.29, 0.717) is 10.9 Å². The molecule has 1 aliphatic rings. The Morgan fingerprint density at radius 2 is 2.20 bits per heavy atom. The molecule has 2 unspecified atom stereocenters. The maximum atomic E-state index is 12.2. The molecule has 1 aromatic heterocycles. The minimum atomic E-state index is -1.02. The third-order valence-electron chi connectivity index (χ3n) is 3.89. The number of carbonyl (C=O) groups is 2. The summed E-state index contributed by atoms with van der Waals surface area (Å²) in [5, 5.41) is 13.8. The van der Waals surface area contributed by atoms with Crippen LogP contribution in [0.1, 0.15) is 43.0 Å². The molecule has 0 saturated heterocycles. The predicted octanol–water partition coefficient (Wildman–Crippen LogP) is 3.49. The average Bonchev–Trinajstić information content (AvgIpc) is 2.86. The fraction of sp³-hybridized carbons (Fsp3) is 0.571. The maximum Gasteiger partial charge on any atom is 0.338 e. The Kier molecular flexibility index (Phi) is 4.65. The van der Waals surface area contributed by atoms with Crippen LogP contribution in [0.25, 0.3) is 0 Å². The monoisotopic (exact) mass is 296 g/mol. The topological polar surface area (TPSA) is 69.6 Å². The molecule has 2 N–H and O–H groups in total. The number of aromatic carboxylic acids is 1. The van der Waals surface area contributed by atoms with E-state index in [0.717, 1.165) is 19.3 Å². The molecular weight excluding hydrogens is 276 g/mol. The van der Waals surface area contributed by atoms with E-state index in [1.807, 2.05) is 0 Å². The van der Waals surface area contributed by atoms with Crippen molar-refractivity contribution >= 4 is 28.3 Å². The van der Waals surface area contributed by atoms with Crippen molar-refractivity contribution in [2.24, 2.45) is 5.92 Å². The second-order valence-corrected chi connectivity index (χ2v) is 6.35. The van der Waals surface area contributed by atoms with Crippen molar-refractivity contribution in [3.63, 3.8) is 0 Å². The van der Waals surface area contributed by atoms with Gasteiger partial charge in [-0.15, -0.1) is 11.3 Å². The van der Waals surface area contributed by atoms with Gasteiger partial charge in [0.25, 0.3) is 0 Å². The molecule has 1 fully saturated rings. The lowest BCUT2D eigenvalue weighted by Crippen LogP contribution is -2.42. The smallest absolute Gasteiger partial charge is 0.338 e. The van der Waals surface area contributed by atoms with Crippen LogP contribution in [0.5, 0.6) is 0 Å². The second kappa shape index (κ2) is 6.26. The Bertz CT molecular complexity index is 500. The van der Waals surface area contributed by atoms with E-state index in [-0.39, 0.29) is 17.6 Å². The first kappa shape index (κ1) is 14.8. The zero-order chi connectivity index (χ0) is 14.7. The summed E-state index contributed by atoms with van der Waals surface area (Å²) < 4.78 is 0. The lowest BCUT2D eigenvalue weighted by atomic mass is 9.86. The maximum absolute atomic E-state index is 12.2. The van der Waals surface area contributed by atoms with Gasteiger partial charge in [0.15, 0.2) is 0 Å². The Morgan fingerprint density at radius 1 is 1.45 bits per heavy atom. The molecule has 1 saturated carbocycles. The van der Waals surface area contributed by atoms with Gasteiger partial charge in [0.05, 0.1) is 5.56 Å². The molecule has 0 spiro atoms. The van der Waals surface area contributed by atoms with Gasteiger partial charge in [-0.3, -0.25) is 5.32 Å². The molecule has 1 aromatic rings. The minimum absolute atomic E-state index is 0.147. The van der Waals surface area contributed by atoms with Gasteiger partial charge < -0.3 is 10.0 Å². The van der Waals surface area contributed by atoms with E-state index in [1.54, 1.807) is 17.3 Å². The van der Waals surface area contributed by atoms with Crippen LogP contribution in [0.15, 0.2) is 11.4 Å². The zero-order valence-electron chi connectivity index (χ0n) is 11.8. The summed E-state index contributed by atoms with van der Waals surface area (Å²) in [7, 11) is 1.78. The van der Waals surface area contributed by atoms with Crippen molar-refractivity contribution in [1.82, 2.24) is 4.90 Å². The first-order valence-electron chi connectivity index (χ1n) is 6.83. The van der Waals surface area contributed by atoms with E-state index in [1.165, 1.54) is 23.8 Å². The SMILES string of the molecule is CC1CCCC(N(C)C(=O)Nc2sccc2C(=O)O)C1. The van der Waals surface area contributed by atoms with Crippen molar-refractivity contribution < 1.29 is 14.7 Å². The molecule has 6 heteroatoms. The van der Waals surface area contributed by atoms with Crippen molar-refractivity contribution in [3.05, 3.63) is 17.0 Å². The highest BCUT2D eigenvalue weighted by molar-refractivity contribution is 7.14. The standard InChI is InChI=1S/C14H20N2O3S/c1-9-4-3-5-10(8-9)16(2)14(19)15-12-11(13(17)18)6-7-20-12/h6-7,9-10H,3-5,8H2,1-2H3,(H,15,19)(H,17,18). The van der Waals surface area contributed by atoms with Crippen LogP contribution in [0.2, 0.25) is 0 Å². The van der Waals surface area contributed by atoms with Gasteiger partial charge in [-0.25, -0.2) is 9.59 Å². The molecule has 0 aliphatic heterocycles. The Balaban J connectivity index is 2.00. The lowest BCUT2D eigenvalue weighted by molar-refractivity contribution is 0.0698. The number of carboxylic acid groups (broad SMARTS) is 1. The lowest BCUT2D eigenvalue weighted by Gasteiger charge is -2.34. The molecular formula is C14H20N2O3S. The molecule has 0 aromatic carbocycles. The number of hydrogen-bond acceptors (Lipinski definition) is 3. The van der Waals surface area contributed by atoms with E-state index in [2.05, 4.69) is 12.2 Å². The van der Waals surface area contributed by atoms with E-state index in [4.69, 9.17) is 5.11 Å². The number of carboxylic acids is 1. The van der Waals surface area contributed by atoms with Crippen LogP contribution >= 0.6 is 11.3 Å². The van der Waals surface area contributed by atoms with Gasteiger partial charge in [-0.2, -0.15) is 0 Å². The summed E-state index contributed by atoms with van der Waals surface area (Å²) in [6, 6.07) is 1.52. The molecule has 0 radical (unpaired) electrons. The van der Waals surface area contributed by atoms with Crippen LogP contribution in [-0.2, 0) is 0 Å². The van der Waals surface area contributed by atoms with Gasteiger partial charge in [0, 0.05) is 13.1 Å². The minimum Gasteiger partial charge on any atom is -0.478 e. The average molecular weight is 296 g/mol. The number of hydrogen-bond donors (Lipinski definition) is 2. The second-order valence-electron chi connectivity index (χ2n) is 5.44. The summed E-state index contributed by atoms with van der Waals surface area (Å²) in [6.07, 6.45) is 4.40. The van der Waals surface area contributed by atoms with Gasteiger partial charge in [0.2, 0.25) is 0 Å². The Labute approximate surface area is 122 Å². The number of thiophene rings is 1. The fourth-order valence-electron chi connectivity index (χ4n) is 2.68. The predicted molar refractivity (Wildman–Crippen MR) is 79.5 cm³/mol. The summed E-state index contributed by atoms with van der Waals surface area (Å²) in [4.78, 5) is 24.9. The molecule has 20 heavy (non-hydrogen) atoms. The first-order valence-corrected chi connectivity index (χ1v) is 7.71. The van der Waals surface area contributed by atoms with Crippen LogP contribution in [0.3, 0.4) is 0 Å². The summed E-state index contributed by atoms with van der Waals surface area (Å²) >= 11 is 1.23. The largest absolute Gasteiger partial charge is 0.478 e. The summed E-state index contributed by atoms with van der Waals surface area (Å²) in [6.45, 7) is 2.21. The number of amides is 2. The molecule has 2 amide bonds. The molecule has 2 rings (SSSR count). The van der Waals surface area contributed by atoms with E-state index in [9.17, 15) is 9.59 Å². The quantitative estimate of drug-likeness (QED) is 0.897. The van der Waals surface area contributed by atoms with Gasteiger partial charge in [-0.1, -0.05) is 19.8 Å². The first-order chi connectivity index (χ1) is 9.49. The Morgan fingerprint density at radius 3 is 2.85 bits per heavy atom. The van der Waals surface area contributed by atoms with Crippen LogP contribution < -0.4 is 5.32 Å². The third-order valence-corrected chi connectivity index (χ3v) is 4.72. The molecule has 2 atom stereocenters. The van der Waals surface area contributed by atoms with Crippen molar-refractivity contribution in [2.75, 3.05) is 12.4 Å². The van der Waals surface area contributed by atoms with Gasteiger partial charge in [-0.05, 0) is 30.2 Å². The summed E-state index contributed by atoms with van der Waals surface area (Å²) in [5.74, 6) is -0.379. The van der Waals surface area contributed by atoms with Crippen molar-refractivity contribution in [1.29, 1.82) is 0 Å². The number of nitrogens with zero attached hydrogens (tertiary/aromatic N) is 1. The molecule has 0 bridgehead atoms.